The Balaban J connectivity index is 2.57. The summed E-state index contributed by atoms with van der Waals surface area (Å²) >= 11 is 0. The number of carbonyl (C=O) groups is 1. The second kappa shape index (κ2) is 6.12. The lowest BCUT2D eigenvalue weighted by atomic mass is 10.2. The van der Waals surface area contributed by atoms with Crippen LogP contribution in [0.25, 0.3) is 0 Å². The lowest BCUT2D eigenvalue weighted by Gasteiger charge is -2.12. The summed E-state index contributed by atoms with van der Waals surface area (Å²) in [6.07, 6.45) is 0. The predicted molar refractivity (Wildman–Crippen MR) is 63.4 cm³/mol. The van der Waals surface area contributed by atoms with E-state index in [4.69, 9.17) is 4.74 Å². The Labute approximate surface area is 96.0 Å². The average Bonchev–Trinajstić information content (AvgIpc) is 2.35. The van der Waals surface area contributed by atoms with Gasteiger partial charge in [-0.25, -0.2) is 0 Å². The molecule has 1 unspecified atom stereocenters. The monoisotopic (exact) mass is 222 g/mol. The summed E-state index contributed by atoms with van der Waals surface area (Å²) < 4.78 is 5.20. The molecule has 0 fully saturated rings. The number of ether oxygens (including phenoxy) is 1. The minimum Gasteiger partial charge on any atom is -0.496 e. The molecule has 1 atom stereocenters. The third-order valence-corrected chi connectivity index (χ3v) is 2.47. The minimum absolute atomic E-state index is 0.0200. The van der Waals surface area contributed by atoms with Crippen LogP contribution in [-0.2, 0) is 11.3 Å². The molecule has 2 N–H and O–H groups in total. The van der Waals surface area contributed by atoms with Crippen LogP contribution in [0.4, 0.5) is 0 Å². The molecule has 1 rings (SSSR count). The van der Waals surface area contributed by atoms with Gasteiger partial charge in [-0.05, 0) is 20.0 Å². The molecule has 1 aromatic carbocycles. The Morgan fingerprint density at radius 2 is 2.12 bits per heavy atom. The number of hydrogen-bond donors (Lipinski definition) is 2. The van der Waals surface area contributed by atoms with Gasteiger partial charge < -0.3 is 15.4 Å². The maximum atomic E-state index is 11.5. The first kappa shape index (κ1) is 12.5. The smallest absolute Gasteiger partial charge is 0.237 e. The largest absolute Gasteiger partial charge is 0.496 e. The molecule has 4 nitrogen and oxygen atoms in total. The molecule has 0 radical (unpaired) electrons. The summed E-state index contributed by atoms with van der Waals surface area (Å²) in [5.74, 6) is 0.772. The van der Waals surface area contributed by atoms with Crippen molar-refractivity contribution >= 4 is 5.91 Å². The topological polar surface area (TPSA) is 50.4 Å². The van der Waals surface area contributed by atoms with Crippen molar-refractivity contribution in [3.05, 3.63) is 29.8 Å². The molecule has 88 valence electrons. The van der Waals surface area contributed by atoms with Gasteiger partial charge >= 0.3 is 0 Å². The zero-order valence-corrected chi connectivity index (χ0v) is 9.91. The van der Waals surface area contributed by atoms with Crippen LogP contribution in [0.2, 0.25) is 0 Å². The fourth-order valence-electron chi connectivity index (χ4n) is 1.32. The average molecular weight is 222 g/mol. The Bertz CT molecular complexity index is 353. The molecule has 1 aromatic rings. The number of methoxy groups -OCH3 is 1. The summed E-state index contributed by atoms with van der Waals surface area (Å²) in [5, 5.41) is 5.73. The second-order valence-corrected chi connectivity index (χ2v) is 3.54. The Morgan fingerprint density at radius 1 is 1.44 bits per heavy atom. The van der Waals surface area contributed by atoms with E-state index in [2.05, 4.69) is 10.6 Å². The molecule has 1 amide bonds. The number of carbonyl (C=O) groups excluding carboxylic acids is 1. The summed E-state index contributed by atoms with van der Waals surface area (Å²) in [7, 11) is 3.38. The van der Waals surface area contributed by atoms with Crippen LogP contribution in [0.5, 0.6) is 5.75 Å². The van der Waals surface area contributed by atoms with Crippen LogP contribution in [0.3, 0.4) is 0 Å². The van der Waals surface area contributed by atoms with Crippen LogP contribution in [0, 0.1) is 0 Å². The zero-order valence-electron chi connectivity index (χ0n) is 9.91. The van der Waals surface area contributed by atoms with Crippen LogP contribution in [-0.4, -0.2) is 26.1 Å². The molecule has 0 spiro atoms. The van der Waals surface area contributed by atoms with Crippen LogP contribution in [0.1, 0.15) is 12.5 Å². The van der Waals surface area contributed by atoms with Crippen molar-refractivity contribution in [2.75, 3.05) is 14.2 Å². The Morgan fingerprint density at radius 3 is 2.75 bits per heavy atom. The van der Waals surface area contributed by atoms with E-state index in [1.807, 2.05) is 31.2 Å². The summed E-state index contributed by atoms with van der Waals surface area (Å²) in [6, 6.07) is 7.45. The van der Waals surface area contributed by atoms with Crippen molar-refractivity contribution in [3.8, 4) is 5.75 Å². The Kier molecular flexibility index (Phi) is 4.79. The molecule has 0 saturated carbocycles. The number of hydrogen-bond acceptors (Lipinski definition) is 3. The summed E-state index contributed by atoms with van der Waals surface area (Å²) in [5.41, 5.74) is 0.974. The standard InChI is InChI=1S/C12H18N2O2/c1-9(13-2)12(15)14-8-10-6-4-5-7-11(10)16-3/h4-7,9,13H,8H2,1-3H3,(H,14,15). The normalized spacial score (nSPS) is 11.9. The SMILES string of the molecule is CNC(C)C(=O)NCc1ccccc1OC. The van der Waals surface area contributed by atoms with Gasteiger partial charge in [-0.3, -0.25) is 4.79 Å². The first-order valence-electron chi connectivity index (χ1n) is 5.26. The van der Waals surface area contributed by atoms with E-state index in [1.54, 1.807) is 14.2 Å². The highest BCUT2D eigenvalue weighted by molar-refractivity contribution is 5.81. The molecule has 0 aromatic heterocycles. The molecule has 0 bridgehead atoms. The third-order valence-electron chi connectivity index (χ3n) is 2.47. The number of nitrogens with one attached hydrogen (secondary N) is 2. The van der Waals surface area contributed by atoms with Crippen molar-refractivity contribution in [3.63, 3.8) is 0 Å². The van der Waals surface area contributed by atoms with Crippen LogP contribution < -0.4 is 15.4 Å². The Hall–Kier alpha value is -1.55. The van der Waals surface area contributed by atoms with Crippen molar-refractivity contribution in [2.24, 2.45) is 0 Å². The van der Waals surface area contributed by atoms with Gasteiger partial charge in [0.1, 0.15) is 5.75 Å². The molecule has 4 heteroatoms. The molecule has 0 aliphatic carbocycles. The molecular weight excluding hydrogens is 204 g/mol. The fourth-order valence-corrected chi connectivity index (χ4v) is 1.32. The number of benzene rings is 1. The quantitative estimate of drug-likeness (QED) is 0.779. The van der Waals surface area contributed by atoms with Gasteiger partial charge in [0.05, 0.1) is 13.2 Å². The van der Waals surface area contributed by atoms with E-state index in [1.165, 1.54) is 0 Å². The lowest BCUT2D eigenvalue weighted by molar-refractivity contribution is -0.122. The van der Waals surface area contributed by atoms with E-state index in [0.29, 0.717) is 6.54 Å². The van der Waals surface area contributed by atoms with Crippen LogP contribution in [0.15, 0.2) is 24.3 Å². The molecule has 0 aliphatic heterocycles. The van der Waals surface area contributed by atoms with Gasteiger partial charge in [0, 0.05) is 12.1 Å². The van der Waals surface area contributed by atoms with E-state index in [0.717, 1.165) is 11.3 Å². The maximum Gasteiger partial charge on any atom is 0.237 e. The van der Waals surface area contributed by atoms with Gasteiger partial charge in [0.2, 0.25) is 5.91 Å². The molecule has 16 heavy (non-hydrogen) atoms. The first-order valence-corrected chi connectivity index (χ1v) is 5.26. The highest BCUT2D eigenvalue weighted by atomic mass is 16.5. The minimum atomic E-state index is -0.185. The summed E-state index contributed by atoms with van der Waals surface area (Å²) in [6.45, 7) is 2.30. The number of likely N-dealkylation sites (N-methyl/N-ethyl adjacent to an activating group) is 1. The third kappa shape index (κ3) is 3.24. The summed E-state index contributed by atoms with van der Waals surface area (Å²) in [4.78, 5) is 11.5. The van der Waals surface area contributed by atoms with E-state index in [9.17, 15) is 4.79 Å². The maximum absolute atomic E-state index is 11.5. The number of para-hydroxylation sites is 1. The van der Waals surface area contributed by atoms with Crippen molar-refractivity contribution in [1.29, 1.82) is 0 Å². The van der Waals surface area contributed by atoms with Gasteiger partial charge in [0.25, 0.3) is 0 Å². The van der Waals surface area contributed by atoms with Gasteiger partial charge in [-0.15, -0.1) is 0 Å². The molecule has 0 heterocycles. The van der Waals surface area contributed by atoms with Gasteiger partial charge in [-0.1, -0.05) is 18.2 Å². The van der Waals surface area contributed by atoms with Crippen LogP contribution >= 0.6 is 0 Å². The molecular formula is C12H18N2O2. The second-order valence-electron chi connectivity index (χ2n) is 3.54. The van der Waals surface area contributed by atoms with Gasteiger partial charge in [-0.2, -0.15) is 0 Å². The first-order chi connectivity index (χ1) is 7.69. The molecule has 0 saturated heterocycles. The zero-order chi connectivity index (χ0) is 12.0. The van der Waals surface area contributed by atoms with E-state index >= 15 is 0 Å². The highest BCUT2D eigenvalue weighted by Gasteiger charge is 2.10. The lowest BCUT2D eigenvalue weighted by Crippen LogP contribution is -2.40. The van der Waals surface area contributed by atoms with E-state index < -0.39 is 0 Å². The number of amides is 1. The van der Waals surface area contributed by atoms with Crippen molar-refractivity contribution in [1.82, 2.24) is 10.6 Å². The fraction of sp³-hybridized carbons (Fsp3) is 0.417. The van der Waals surface area contributed by atoms with Gasteiger partial charge in [0.15, 0.2) is 0 Å². The van der Waals surface area contributed by atoms with E-state index in [-0.39, 0.29) is 11.9 Å². The van der Waals surface area contributed by atoms with Crippen molar-refractivity contribution in [2.45, 2.75) is 19.5 Å². The molecule has 0 aliphatic rings. The van der Waals surface area contributed by atoms with Crippen molar-refractivity contribution < 1.29 is 9.53 Å². The number of rotatable bonds is 5. The predicted octanol–water partition coefficient (Wildman–Crippen LogP) is 0.919. The highest BCUT2D eigenvalue weighted by Crippen LogP contribution is 2.16.